The van der Waals surface area contributed by atoms with E-state index < -0.39 is 0 Å². The van der Waals surface area contributed by atoms with Gasteiger partial charge in [-0.2, -0.15) is 18.8 Å². The van der Waals surface area contributed by atoms with Crippen molar-refractivity contribution in [2.45, 2.75) is 52.5 Å². The Balaban J connectivity index is 0.00000498. The van der Waals surface area contributed by atoms with E-state index in [1.165, 1.54) is 16.3 Å². The maximum atomic E-state index is 6.81. The van der Waals surface area contributed by atoms with Crippen LogP contribution in [0.5, 0.6) is 11.5 Å². The minimum Gasteiger partial charge on any atom is -0.509 e. The van der Waals surface area contributed by atoms with Crippen LogP contribution in [0.15, 0.2) is 176 Å². The summed E-state index contributed by atoms with van der Waals surface area (Å²) in [5.74, 6) is 2.00. The van der Waals surface area contributed by atoms with Gasteiger partial charge in [0.1, 0.15) is 5.82 Å². The number of anilines is 1. The molecule has 0 saturated carbocycles. The second-order valence-electron chi connectivity index (χ2n) is 18.6. The van der Waals surface area contributed by atoms with E-state index in [1.807, 2.05) is 24.4 Å². The molecule has 65 heavy (non-hydrogen) atoms. The van der Waals surface area contributed by atoms with E-state index in [1.54, 1.807) is 0 Å². The number of hydrogen-bond acceptors (Lipinski definition) is 4. The first kappa shape index (κ1) is 42.1. The summed E-state index contributed by atoms with van der Waals surface area (Å²) in [5, 5.41) is 4.55. The minimum atomic E-state index is -0.209. The quantitative estimate of drug-likeness (QED) is 0.149. The Morgan fingerprint density at radius 3 is 1.83 bits per heavy atom. The van der Waals surface area contributed by atoms with E-state index in [0.717, 1.165) is 72.6 Å². The van der Waals surface area contributed by atoms with E-state index in [-0.39, 0.29) is 32.0 Å². The molecule has 0 amide bonds. The van der Waals surface area contributed by atoms with Gasteiger partial charge in [0.05, 0.1) is 16.6 Å². The Bertz CT molecular complexity index is 3410. The second kappa shape index (κ2) is 16.3. The summed E-state index contributed by atoms with van der Waals surface area (Å²) in [6.07, 6.45) is 1.93. The molecule has 1 aliphatic rings. The molecule has 0 aliphatic carbocycles. The number of benzene rings is 7. The van der Waals surface area contributed by atoms with Crippen molar-refractivity contribution in [1.29, 1.82) is 0 Å². The zero-order valence-electron chi connectivity index (χ0n) is 37.3. The van der Waals surface area contributed by atoms with Crippen LogP contribution < -0.4 is 9.64 Å². The van der Waals surface area contributed by atoms with Crippen LogP contribution >= 0.6 is 0 Å². The maximum Gasteiger partial charge on any atom is 0.135 e. The molecular formula is C58H48N5OPt-3. The average molecular weight is 1030 g/mol. The zero-order chi connectivity index (χ0) is 43.7. The van der Waals surface area contributed by atoms with Gasteiger partial charge in [-0.25, -0.2) is 4.98 Å². The molecule has 7 aromatic carbocycles. The molecule has 6 nitrogen and oxygen atoms in total. The molecule has 3 aromatic heterocycles. The van der Waals surface area contributed by atoms with Crippen LogP contribution in [0.2, 0.25) is 0 Å². The minimum absolute atomic E-state index is 0. The van der Waals surface area contributed by atoms with E-state index in [4.69, 9.17) is 9.72 Å². The molecule has 1 aliphatic heterocycles. The number of para-hydroxylation sites is 2. The van der Waals surface area contributed by atoms with Gasteiger partial charge in [-0.3, -0.25) is 0 Å². The fourth-order valence-corrected chi connectivity index (χ4v) is 9.24. The van der Waals surface area contributed by atoms with Crippen molar-refractivity contribution in [3.05, 3.63) is 212 Å². The molecule has 0 saturated heterocycles. The molecular weight excluding hydrogens is 978 g/mol. The molecule has 324 valence electrons. The molecule has 10 aromatic rings. The summed E-state index contributed by atoms with van der Waals surface area (Å²) >= 11 is 0. The third-order valence-electron chi connectivity index (χ3n) is 12.3. The number of ether oxygens (including phenoxy) is 1. The van der Waals surface area contributed by atoms with E-state index >= 15 is 0 Å². The van der Waals surface area contributed by atoms with Crippen molar-refractivity contribution >= 4 is 60.7 Å². The van der Waals surface area contributed by atoms with Gasteiger partial charge in [0.15, 0.2) is 0 Å². The van der Waals surface area contributed by atoms with Gasteiger partial charge in [-0.1, -0.05) is 135 Å². The standard InChI is InChI=1S/C58H48N5O.Pt/c1-57(2,3)41-33-34-59-52(35-41)63-51-37-45(29-30-47(51)49-32-31-48-46-27-16-17-28-50(46)62(55(48)56(49)63)42-23-14-9-15-24-42)64-44-26-18-25-43(36-44)60-38-61(58(4,5)6)54(40-21-12-8-13-22-40)53(60)39-19-10-7-11-20-39;/h7-35,38H,1-6H3;/q-3;. The zero-order valence-corrected chi connectivity index (χ0v) is 39.6. The van der Waals surface area contributed by atoms with Crippen molar-refractivity contribution in [2.75, 3.05) is 4.90 Å². The Morgan fingerprint density at radius 1 is 0.538 bits per heavy atom. The number of nitrogens with zero attached hydrogens (tertiary/aromatic N) is 5. The number of aromatic nitrogens is 3. The molecule has 0 unspecified atom stereocenters. The van der Waals surface area contributed by atoms with Crippen LogP contribution in [0.3, 0.4) is 0 Å². The van der Waals surface area contributed by atoms with Crippen LogP contribution in [-0.4, -0.2) is 24.6 Å². The predicted molar refractivity (Wildman–Crippen MR) is 264 cm³/mol. The van der Waals surface area contributed by atoms with Crippen LogP contribution in [0, 0.1) is 18.8 Å². The molecule has 0 bridgehead atoms. The summed E-state index contributed by atoms with van der Waals surface area (Å²) in [7, 11) is 0. The van der Waals surface area contributed by atoms with Crippen molar-refractivity contribution in [3.8, 4) is 23.0 Å². The van der Waals surface area contributed by atoms with Gasteiger partial charge >= 0.3 is 0 Å². The van der Waals surface area contributed by atoms with Gasteiger partial charge in [0, 0.05) is 72.2 Å². The largest absolute Gasteiger partial charge is 0.509 e. The predicted octanol–water partition coefficient (Wildman–Crippen LogP) is 14.5. The van der Waals surface area contributed by atoms with E-state index in [9.17, 15) is 0 Å². The number of hydrogen-bond donors (Lipinski definition) is 0. The SMILES string of the molecule is CC(C)(C)c1ccnc(-n2c3[c-]c(Oc4[c-]c(N5[CH-]N(C(C)(C)C)C(c6ccccc6)=C5c5ccccc5)ccc4)ccc3c3ccc4c5ccccc5n(-c5ccccc5)c4c32)c1.[Pt]. The monoisotopic (exact) mass is 1030 g/mol. The Morgan fingerprint density at radius 2 is 1.14 bits per heavy atom. The summed E-state index contributed by atoms with van der Waals surface area (Å²) < 4.78 is 11.5. The Hall–Kier alpha value is -6.88. The fraction of sp³-hybridized carbons (Fsp3) is 0.138. The van der Waals surface area contributed by atoms with Gasteiger partial charge in [0.2, 0.25) is 0 Å². The van der Waals surface area contributed by atoms with Gasteiger partial charge in [-0.15, -0.1) is 41.4 Å². The van der Waals surface area contributed by atoms with E-state index in [2.05, 4.69) is 231 Å². The normalized spacial score (nSPS) is 13.4. The van der Waals surface area contributed by atoms with Gasteiger partial charge in [-0.05, 0) is 78.6 Å². The summed E-state index contributed by atoms with van der Waals surface area (Å²) in [5.41, 5.74) is 11.6. The smallest absolute Gasteiger partial charge is 0.135 e. The summed E-state index contributed by atoms with van der Waals surface area (Å²) in [6, 6.07) is 67.1. The third-order valence-corrected chi connectivity index (χ3v) is 12.3. The van der Waals surface area contributed by atoms with Crippen molar-refractivity contribution in [2.24, 2.45) is 0 Å². The molecule has 7 heteroatoms. The molecule has 0 spiro atoms. The molecule has 11 rings (SSSR count). The Kier molecular flexibility index (Phi) is 10.5. The number of rotatable bonds is 7. The van der Waals surface area contributed by atoms with Crippen molar-refractivity contribution in [3.63, 3.8) is 0 Å². The summed E-state index contributed by atoms with van der Waals surface area (Å²) in [6.45, 7) is 15.7. The Labute approximate surface area is 395 Å². The van der Waals surface area contributed by atoms with E-state index in [0.29, 0.717) is 11.5 Å². The molecule has 0 N–H and O–H groups in total. The van der Waals surface area contributed by atoms with Crippen molar-refractivity contribution < 1.29 is 25.8 Å². The third kappa shape index (κ3) is 7.31. The first-order valence-electron chi connectivity index (χ1n) is 22.0. The van der Waals surface area contributed by atoms with Gasteiger partial charge in [0.25, 0.3) is 0 Å². The van der Waals surface area contributed by atoms with Crippen LogP contribution in [0.25, 0.3) is 66.5 Å². The molecule has 0 fully saturated rings. The first-order chi connectivity index (χ1) is 31.0. The van der Waals surface area contributed by atoms with Gasteiger partial charge < -0.3 is 23.7 Å². The second-order valence-corrected chi connectivity index (χ2v) is 18.6. The first-order valence-corrected chi connectivity index (χ1v) is 22.0. The molecule has 0 radical (unpaired) electrons. The van der Waals surface area contributed by atoms with Crippen LogP contribution in [0.4, 0.5) is 5.69 Å². The topological polar surface area (TPSA) is 38.5 Å². The maximum absolute atomic E-state index is 6.81. The average Bonchev–Trinajstić information content (AvgIpc) is 3.99. The van der Waals surface area contributed by atoms with Crippen molar-refractivity contribution in [1.82, 2.24) is 19.0 Å². The molecule has 4 heterocycles. The van der Waals surface area contributed by atoms with Crippen LogP contribution in [0.1, 0.15) is 58.2 Å². The number of pyridine rings is 1. The number of fused-ring (bicyclic) bond motifs is 7. The summed E-state index contributed by atoms with van der Waals surface area (Å²) in [4.78, 5) is 9.69. The fourth-order valence-electron chi connectivity index (χ4n) is 9.24. The molecule has 0 atom stereocenters. The van der Waals surface area contributed by atoms with Crippen LogP contribution in [-0.2, 0) is 26.5 Å².